The number of hydrogen-bond acceptors (Lipinski definition) is 6. The second kappa shape index (κ2) is 10.2. The molecule has 2 heterocycles. The molecule has 2 aliphatic rings. The number of amidine groups is 1. The van der Waals surface area contributed by atoms with Gasteiger partial charge in [0.2, 0.25) is 0 Å². The highest BCUT2D eigenvalue weighted by Gasteiger charge is 2.35. The summed E-state index contributed by atoms with van der Waals surface area (Å²) in [4.78, 5) is 17.9. The molecule has 2 aromatic rings. The molecule has 1 atom stereocenters. The zero-order valence-electron chi connectivity index (χ0n) is 15.7. The smallest absolute Gasteiger partial charge is 0.265 e. The first-order valence-electron chi connectivity index (χ1n) is 8.96. The van der Waals surface area contributed by atoms with E-state index < -0.39 is 5.91 Å². The fourth-order valence-corrected chi connectivity index (χ4v) is 4.60. The molecule has 28 heavy (non-hydrogen) atoms. The van der Waals surface area contributed by atoms with Gasteiger partial charge in [-0.2, -0.15) is 0 Å². The van der Waals surface area contributed by atoms with Gasteiger partial charge < -0.3 is 10.5 Å². The van der Waals surface area contributed by atoms with Crippen LogP contribution in [0, 0.1) is 6.92 Å². The van der Waals surface area contributed by atoms with Gasteiger partial charge in [0, 0.05) is 11.2 Å². The number of benzene rings is 2. The molecule has 1 amide bonds. The van der Waals surface area contributed by atoms with Crippen molar-refractivity contribution in [3.8, 4) is 5.75 Å². The first-order chi connectivity index (χ1) is 13.6. The molecule has 0 saturated heterocycles. The second-order valence-electron chi connectivity index (χ2n) is 6.12. The Bertz CT molecular complexity index is 841. The number of thioether (sulfide) groups is 2. The number of amides is 1. The lowest BCUT2D eigenvalue weighted by molar-refractivity contribution is -0.115. The number of nitrogens with zero attached hydrogens (tertiary/aromatic N) is 2. The molecule has 7 heteroatoms. The number of aryl methyl sites for hydroxylation is 1. The Morgan fingerprint density at radius 3 is 2.39 bits per heavy atom. The molecule has 0 radical (unpaired) electrons. The van der Waals surface area contributed by atoms with Gasteiger partial charge >= 0.3 is 0 Å². The topological polar surface area (TPSA) is 67.9 Å². The van der Waals surface area contributed by atoms with Crippen LogP contribution in [0.1, 0.15) is 5.56 Å². The number of ether oxygens (including phenoxy) is 1. The summed E-state index contributed by atoms with van der Waals surface area (Å²) in [6, 6.07) is 19.9. The quantitative estimate of drug-likeness (QED) is 0.824. The van der Waals surface area contributed by atoms with E-state index in [0.29, 0.717) is 12.3 Å². The van der Waals surface area contributed by atoms with Crippen molar-refractivity contribution in [3.05, 3.63) is 77.3 Å². The maximum absolute atomic E-state index is 11.6. The summed E-state index contributed by atoms with van der Waals surface area (Å²) in [5.41, 5.74) is 7.27. The summed E-state index contributed by atoms with van der Waals surface area (Å²) < 4.78 is 5.80. The third-order valence-corrected chi connectivity index (χ3v) is 5.98. The van der Waals surface area contributed by atoms with E-state index in [1.54, 1.807) is 17.2 Å². The van der Waals surface area contributed by atoms with Crippen molar-refractivity contribution in [3.63, 3.8) is 0 Å². The van der Waals surface area contributed by atoms with E-state index in [1.807, 2.05) is 53.4 Å². The van der Waals surface area contributed by atoms with Crippen molar-refractivity contribution in [1.29, 1.82) is 0 Å². The van der Waals surface area contributed by atoms with Gasteiger partial charge in [-0.3, -0.25) is 14.7 Å². The van der Waals surface area contributed by atoms with Crippen molar-refractivity contribution in [2.45, 2.75) is 12.3 Å². The Morgan fingerprint density at radius 1 is 1.18 bits per heavy atom. The zero-order chi connectivity index (χ0) is 19.8. The minimum absolute atomic E-state index is 0.0166. The van der Waals surface area contributed by atoms with Crippen molar-refractivity contribution in [1.82, 2.24) is 4.90 Å². The van der Waals surface area contributed by atoms with Crippen molar-refractivity contribution >= 4 is 34.6 Å². The Morgan fingerprint density at radius 2 is 1.86 bits per heavy atom. The normalized spacial score (nSPS) is 18.0. The van der Waals surface area contributed by atoms with Crippen LogP contribution < -0.4 is 10.5 Å². The monoisotopic (exact) mass is 413 g/mol. The number of primary amides is 1. The zero-order valence-corrected chi connectivity index (χ0v) is 17.3. The van der Waals surface area contributed by atoms with Gasteiger partial charge in [0.15, 0.2) is 5.17 Å². The third-order valence-electron chi connectivity index (χ3n) is 3.99. The molecular weight excluding hydrogens is 390 g/mol. The van der Waals surface area contributed by atoms with Gasteiger partial charge in [0.25, 0.3) is 5.91 Å². The number of hydrogen-bond donors (Lipinski definition) is 1. The number of nitrogens with two attached hydrogens (primary N) is 1. The maximum Gasteiger partial charge on any atom is 0.265 e. The Labute approximate surface area is 174 Å². The van der Waals surface area contributed by atoms with Crippen LogP contribution in [-0.4, -0.2) is 40.3 Å². The largest absolute Gasteiger partial charge is 0.491 e. The van der Waals surface area contributed by atoms with Crippen LogP contribution in [0.2, 0.25) is 0 Å². The average molecular weight is 414 g/mol. The number of rotatable bonds is 4. The second-order valence-corrected chi connectivity index (χ2v) is 8.23. The third kappa shape index (κ3) is 5.56. The summed E-state index contributed by atoms with van der Waals surface area (Å²) in [5, 5.41) is 2.63. The lowest BCUT2D eigenvalue weighted by Gasteiger charge is -2.26. The highest BCUT2D eigenvalue weighted by Crippen LogP contribution is 2.35. The van der Waals surface area contributed by atoms with Crippen LogP contribution in [-0.2, 0) is 4.79 Å². The average Bonchev–Trinajstić information content (AvgIpc) is 3.38. The van der Waals surface area contributed by atoms with Crippen LogP contribution in [0.25, 0.3) is 0 Å². The molecule has 5 nitrogen and oxygen atoms in total. The summed E-state index contributed by atoms with van der Waals surface area (Å²) in [6.45, 7) is 3.32. The van der Waals surface area contributed by atoms with Gasteiger partial charge in [0.05, 0.1) is 6.54 Å². The van der Waals surface area contributed by atoms with Crippen LogP contribution in [0.15, 0.2) is 76.8 Å². The van der Waals surface area contributed by atoms with Gasteiger partial charge in [-0.1, -0.05) is 65.9 Å². The molecule has 4 rings (SSSR count). The number of aliphatic imine (C=N–C) groups is 1. The number of carbonyl (C=O) groups excluding carboxylic acids is 1. The molecule has 2 aliphatic heterocycles. The number of para-hydroxylation sites is 1. The van der Waals surface area contributed by atoms with Crippen molar-refractivity contribution in [2.75, 3.05) is 18.9 Å². The molecule has 146 valence electrons. The highest BCUT2D eigenvalue weighted by atomic mass is 32.2. The summed E-state index contributed by atoms with van der Waals surface area (Å²) in [7, 11) is 0. The Kier molecular flexibility index (Phi) is 7.45. The molecule has 0 spiro atoms. The molecular formula is C21H23N3O2S2. The Balaban J connectivity index is 0.000000271. The molecule has 2 aromatic carbocycles. The van der Waals surface area contributed by atoms with Gasteiger partial charge in [-0.15, -0.1) is 11.8 Å². The fourth-order valence-electron chi connectivity index (χ4n) is 2.62. The van der Waals surface area contributed by atoms with E-state index in [9.17, 15) is 4.79 Å². The molecule has 0 fully saturated rings. The minimum atomic E-state index is -0.431. The molecule has 0 aromatic heterocycles. The van der Waals surface area contributed by atoms with E-state index >= 15 is 0 Å². The summed E-state index contributed by atoms with van der Waals surface area (Å²) >= 11 is 3.18. The van der Waals surface area contributed by atoms with E-state index in [4.69, 9.17) is 10.5 Å². The number of carbonyl (C=O) groups is 1. The predicted molar refractivity (Wildman–Crippen MR) is 118 cm³/mol. The van der Waals surface area contributed by atoms with Crippen molar-refractivity contribution < 1.29 is 9.53 Å². The maximum atomic E-state index is 11.6. The molecule has 0 aliphatic carbocycles. The molecule has 2 N–H and O–H groups in total. The van der Waals surface area contributed by atoms with Gasteiger partial charge in [-0.25, -0.2) is 0 Å². The summed E-state index contributed by atoms with van der Waals surface area (Å²) in [6.07, 6.45) is 0. The van der Waals surface area contributed by atoms with Gasteiger partial charge in [0.1, 0.15) is 23.4 Å². The van der Waals surface area contributed by atoms with Crippen LogP contribution in [0.4, 0.5) is 0 Å². The van der Waals surface area contributed by atoms with Crippen molar-refractivity contribution in [2.24, 2.45) is 10.7 Å². The first kappa shape index (κ1) is 20.4. The fraction of sp³-hybridized carbons (Fsp3) is 0.238. The molecule has 1 unspecified atom stereocenters. The van der Waals surface area contributed by atoms with E-state index in [1.165, 1.54) is 17.3 Å². The molecule has 0 bridgehead atoms. The predicted octanol–water partition coefficient (Wildman–Crippen LogP) is 3.86. The SMILES string of the molecule is Cc1ccccc1.NC(=O)C1=CSC(COc2ccccc2)N1C1=NCCS1. The standard InChI is InChI=1S/C14H15N3O2S2.C7H8/c15-13(18)11-9-21-12(17(11)14-16-6-7-20-14)8-19-10-4-2-1-3-5-10;1-7-5-3-2-4-6-7/h1-5,9,12H,6-8H2,(H2,15,18);2-6H,1H3. The van der Waals surface area contributed by atoms with Crippen LogP contribution in [0.5, 0.6) is 5.75 Å². The van der Waals surface area contributed by atoms with Gasteiger partial charge in [-0.05, 0) is 19.1 Å². The Hall–Kier alpha value is -2.38. The van der Waals surface area contributed by atoms with E-state index in [-0.39, 0.29) is 5.37 Å². The van der Waals surface area contributed by atoms with Crippen LogP contribution >= 0.6 is 23.5 Å². The lowest BCUT2D eigenvalue weighted by atomic mass is 10.2. The molecule has 0 saturated carbocycles. The van der Waals surface area contributed by atoms with E-state index in [0.717, 1.165) is 23.2 Å². The van der Waals surface area contributed by atoms with Crippen LogP contribution in [0.3, 0.4) is 0 Å². The highest BCUT2D eigenvalue weighted by molar-refractivity contribution is 8.14. The lowest BCUT2D eigenvalue weighted by Crippen LogP contribution is -2.39. The minimum Gasteiger partial charge on any atom is -0.491 e. The summed E-state index contributed by atoms with van der Waals surface area (Å²) in [5.74, 6) is 1.32. The van der Waals surface area contributed by atoms with E-state index in [2.05, 4.69) is 24.0 Å². The first-order valence-corrected chi connectivity index (χ1v) is 10.9.